The van der Waals surface area contributed by atoms with E-state index in [0.717, 1.165) is 16.6 Å². The second-order valence-electron chi connectivity index (χ2n) is 6.07. The number of aromatic amines is 2. The van der Waals surface area contributed by atoms with Crippen molar-refractivity contribution in [1.29, 1.82) is 5.26 Å². The van der Waals surface area contributed by atoms with Gasteiger partial charge in [-0.2, -0.15) is 5.26 Å². The summed E-state index contributed by atoms with van der Waals surface area (Å²) in [5.74, 6) is 0.919. The number of H-pyrrole nitrogens is 2. The maximum atomic E-state index is 10.7. The Morgan fingerprint density at radius 1 is 1.11 bits per heavy atom. The number of nitrogens with zero attached hydrogens (tertiary/aromatic N) is 4. The van der Waals surface area contributed by atoms with Crippen LogP contribution >= 0.6 is 11.8 Å². The topological polar surface area (TPSA) is 114 Å². The van der Waals surface area contributed by atoms with Crippen LogP contribution in [0.5, 0.6) is 0 Å². The number of hydrogen-bond acceptors (Lipinski definition) is 6. The van der Waals surface area contributed by atoms with Crippen LogP contribution in [0.15, 0.2) is 65.5 Å². The van der Waals surface area contributed by atoms with Crippen LogP contribution in [0.4, 0.5) is 0 Å². The van der Waals surface area contributed by atoms with Gasteiger partial charge in [-0.05, 0) is 19.1 Å². The SMILES string of the molecule is C[C@H](Sc1n[nH]c(-c2ccccc2)n1)/C(O)=C(\C#N)c1nc2ccccc2[nH]1. The number of hydrogen-bond donors (Lipinski definition) is 3. The predicted octanol–water partition coefficient (Wildman–Crippen LogP) is 4.32. The summed E-state index contributed by atoms with van der Waals surface area (Å²) >= 11 is 1.26. The predicted molar refractivity (Wildman–Crippen MR) is 108 cm³/mol. The maximum Gasteiger partial charge on any atom is 0.209 e. The molecule has 2 aromatic carbocycles. The van der Waals surface area contributed by atoms with E-state index in [1.807, 2.05) is 54.6 Å². The average Bonchev–Trinajstić information content (AvgIpc) is 3.36. The molecule has 28 heavy (non-hydrogen) atoms. The van der Waals surface area contributed by atoms with E-state index in [9.17, 15) is 10.4 Å². The average molecular weight is 388 g/mol. The molecule has 0 bridgehead atoms. The van der Waals surface area contributed by atoms with Gasteiger partial charge in [0, 0.05) is 5.56 Å². The van der Waals surface area contributed by atoms with Crippen LogP contribution in [0, 0.1) is 11.3 Å². The third kappa shape index (κ3) is 3.48. The standard InChI is InChI=1S/C20H16N6OS/c1-12(28-20-24-18(25-26-20)13-7-3-2-4-8-13)17(27)14(11-21)19-22-15-9-5-6-10-16(15)23-19/h2-10,12,27H,1H3,(H,22,23)(H,24,25,26)/b17-14-/t12-/m0/s1. The van der Waals surface area contributed by atoms with Crippen molar-refractivity contribution in [2.75, 3.05) is 0 Å². The molecule has 0 aliphatic carbocycles. The minimum absolute atomic E-state index is 0.0717. The first kappa shape index (κ1) is 17.8. The van der Waals surface area contributed by atoms with Crippen LogP contribution < -0.4 is 0 Å². The molecule has 0 saturated carbocycles. The lowest BCUT2D eigenvalue weighted by molar-refractivity contribution is 0.401. The highest BCUT2D eigenvalue weighted by molar-refractivity contribution is 7.99. The summed E-state index contributed by atoms with van der Waals surface area (Å²) < 4.78 is 0. The van der Waals surface area contributed by atoms with E-state index in [1.165, 1.54) is 11.8 Å². The molecule has 0 amide bonds. The molecule has 0 aliphatic rings. The molecular formula is C20H16N6OS. The number of para-hydroxylation sites is 2. The molecular weight excluding hydrogens is 372 g/mol. The molecule has 7 nitrogen and oxygen atoms in total. The van der Waals surface area contributed by atoms with E-state index >= 15 is 0 Å². The largest absolute Gasteiger partial charge is 0.510 e. The molecule has 3 N–H and O–H groups in total. The van der Waals surface area contributed by atoms with Gasteiger partial charge in [0.15, 0.2) is 11.6 Å². The van der Waals surface area contributed by atoms with Gasteiger partial charge >= 0.3 is 0 Å². The molecule has 4 aromatic rings. The lowest BCUT2D eigenvalue weighted by atomic mass is 10.2. The van der Waals surface area contributed by atoms with Gasteiger partial charge in [0.25, 0.3) is 0 Å². The van der Waals surface area contributed by atoms with E-state index < -0.39 is 5.25 Å². The van der Waals surface area contributed by atoms with Crippen molar-refractivity contribution >= 4 is 28.4 Å². The number of aliphatic hydroxyl groups is 1. The van der Waals surface area contributed by atoms with Crippen LogP contribution in [0.25, 0.3) is 28.0 Å². The van der Waals surface area contributed by atoms with Gasteiger partial charge < -0.3 is 10.1 Å². The smallest absolute Gasteiger partial charge is 0.209 e. The number of rotatable bonds is 5. The zero-order valence-corrected chi connectivity index (χ0v) is 15.7. The number of nitrogens with one attached hydrogen (secondary N) is 2. The normalized spacial score (nSPS) is 13.1. The summed E-state index contributed by atoms with van der Waals surface area (Å²) in [6, 6.07) is 19.2. The molecule has 0 spiro atoms. The number of benzene rings is 2. The third-order valence-corrected chi connectivity index (χ3v) is 5.14. The van der Waals surface area contributed by atoms with Gasteiger partial charge in [0.05, 0.1) is 16.3 Å². The molecule has 8 heteroatoms. The van der Waals surface area contributed by atoms with Gasteiger partial charge in [-0.3, -0.25) is 5.10 Å². The molecule has 0 unspecified atom stereocenters. The van der Waals surface area contributed by atoms with E-state index in [1.54, 1.807) is 6.92 Å². The molecule has 2 aromatic heterocycles. The van der Waals surface area contributed by atoms with Gasteiger partial charge in [-0.25, -0.2) is 9.97 Å². The van der Waals surface area contributed by atoms with Gasteiger partial charge in [0.2, 0.25) is 5.16 Å². The second-order valence-corrected chi connectivity index (χ2v) is 7.38. The monoisotopic (exact) mass is 388 g/mol. The van der Waals surface area contributed by atoms with Crippen molar-refractivity contribution in [3.8, 4) is 17.5 Å². The second kappa shape index (κ2) is 7.58. The first-order valence-corrected chi connectivity index (χ1v) is 9.46. The van der Waals surface area contributed by atoms with Gasteiger partial charge in [0.1, 0.15) is 17.4 Å². The van der Waals surface area contributed by atoms with Crippen molar-refractivity contribution < 1.29 is 5.11 Å². The Kier molecular flexibility index (Phi) is 4.83. The van der Waals surface area contributed by atoms with E-state index in [2.05, 4.69) is 31.2 Å². The Morgan fingerprint density at radius 2 is 1.86 bits per heavy atom. The Morgan fingerprint density at radius 3 is 2.61 bits per heavy atom. The number of aromatic nitrogens is 5. The summed E-state index contributed by atoms with van der Waals surface area (Å²) in [4.78, 5) is 11.9. The Hall–Kier alpha value is -3.57. The molecule has 1 atom stereocenters. The summed E-state index contributed by atoms with van der Waals surface area (Å²) in [6.45, 7) is 1.79. The number of aliphatic hydroxyl groups excluding tert-OH is 1. The summed E-state index contributed by atoms with van der Waals surface area (Å²) in [5.41, 5.74) is 2.57. The fourth-order valence-corrected chi connectivity index (χ4v) is 3.53. The van der Waals surface area contributed by atoms with Crippen molar-refractivity contribution in [2.45, 2.75) is 17.3 Å². The van der Waals surface area contributed by atoms with E-state index in [4.69, 9.17) is 0 Å². The molecule has 0 aliphatic heterocycles. The highest BCUT2D eigenvalue weighted by Gasteiger charge is 2.20. The minimum Gasteiger partial charge on any atom is -0.510 e. The fraction of sp³-hybridized carbons (Fsp3) is 0.100. The first-order valence-electron chi connectivity index (χ1n) is 8.58. The van der Waals surface area contributed by atoms with Crippen molar-refractivity contribution in [2.24, 2.45) is 0 Å². The quantitative estimate of drug-likeness (QED) is 0.266. The minimum atomic E-state index is -0.428. The maximum absolute atomic E-state index is 10.7. The van der Waals surface area contributed by atoms with Crippen LogP contribution in [0.3, 0.4) is 0 Å². The van der Waals surface area contributed by atoms with Gasteiger partial charge in [-0.15, -0.1) is 5.10 Å². The summed E-state index contributed by atoms with van der Waals surface area (Å²) in [7, 11) is 0. The van der Waals surface area contributed by atoms with E-state index in [0.29, 0.717) is 16.8 Å². The summed E-state index contributed by atoms with van der Waals surface area (Å²) in [5, 5.41) is 27.4. The van der Waals surface area contributed by atoms with Crippen molar-refractivity contribution in [3.63, 3.8) is 0 Å². The van der Waals surface area contributed by atoms with Gasteiger partial charge in [-0.1, -0.05) is 54.2 Å². The molecule has 0 fully saturated rings. The number of allylic oxidation sites excluding steroid dienone is 1. The number of imidazole rings is 1. The zero-order valence-electron chi connectivity index (χ0n) is 14.9. The zero-order chi connectivity index (χ0) is 19.5. The summed E-state index contributed by atoms with van der Waals surface area (Å²) in [6.07, 6.45) is 0. The number of thioether (sulfide) groups is 1. The third-order valence-electron chi connectivity index (χ3n) is 4.17. The van der Waals surface area contributed by atoms with Crippen LogP contribution in [0.2, 0.25) is 0 Å². The Bertz CT molecular complexity index is 1160. The van der Waals surface area contributed by atoms with Crippen LogP contribution in [-0.2, 0) is 0 Å². The van der Waals surface area contributed by atoms with Crippen molar-refractivity contribution in [1.82, 2.24) is 25.1 Å². The first-order chi connectivity index (χ1) is 13.7. The molecule has 2 heterocycles. The number of nitriles is 1. The van der Waals surface area contributed by atoms with E-state index in [-0.39, 0.29) is 11.3 Å². The molecule has 4 rings (SSSR count). The fourth-order valence-electron chi connectivity index (χ4n) is 2.74. The highest BCUT2D eigenvalue weighted by atomic mass is 32.2. The lowest BCUT2D eigenvalue weighted by Crippen LogP contribution is -2.05. The highest BCUT2D eigenvalue weighted by Crippen LogP contribution is 2.29. The van der Waals surface area contributed by atoms with Crippen LogP contribution in [-0.4, -0.2) is 35.5 Å². The lowest BCUT2D eigenvalue weighted by Gasteiger charge is -2.09. The molecule has 0 saturated heterocycles. The Balaban J connectivity index is 1.58. The van der Waals surface area contributed by atoms with Crippen molar-refractivity contribution in [3.05, 3.63) is 66.2 Å². The Labute approximate surface area is 165 Å². The van der Waals surface area contributed by atoms with Crippen LogP contribution in [0.1, 0.15) is 12.7 Å². The number of fused-ring (bicyclic) bond motifs is 1. The molecule has 0 radical (unpaired) electrons. The molecule has 138 valence electrons.